The number of hydrogen-bond donors (Lipinski definition) is 2. The number of allylic oxidation sites excluding steroid dienone is 3. The minimum atomic E-state index is -0.208. The number of methoxy groups -OCH3 is 1. The average molecular weight is 583 g/mol. The Hall–Kier alpha value is -3.48. The lowest BCUT2D eigenvalue weighted by Gasteiger charge is -2.21. The molecule has 4 aliphatic rings. The summed E-state index contributed by atoms with van der Waals surface area (Å²) in [6.07, 6.45) is 9.49. The van der Waals surface area contributed by atoms with Crippen molar-refractivity contribution in [2.75, 3.05) is 7.11 Å². The zero-order valence-corrected chi connectivity index (χ0v) is 26.9. The van der Waals surface area contributed by atoms with Gasteiger partial charge in [-0.3, -0.25) is 19.6 Å². The highest BCUT2D eigenvalue weighted by atomic mass is 16.5. The predicted octanol–water partition coefficient (Wildman–Crippen LogP) is 7.53. The van der Waals surface area contributed by atoms with Gasteiger partial charge in [0.05, 0.1) is 7.11 Å². The average Bonchev–Trinajstić information content (AvgIpc) is 3.73. The molecule has 0 aromatic carbocycles. The molecule has 8 bridgehead atoms. The lowest BCUT2D eigenvalue weighted by molar-refractivity contribution is -0.140. The third kappa shape index (κ3) is 4.98. The molecule has 0 radical (unpaired) electrons. The van der Waals surface area contributed by atoms with Crippen LogP contribution in [0.25, 0.3) is 6.08 Å². The molecule has 0 amide bonds. The van der Waals surface area contributed by atoms with Crippen LogP contribution in [0, 0.1) is 31.6 Å². The summed E-state index contributed by atoms with van der Waals surface area (Å²) in [6.45, 7) is 13.3. The quantitative estimate of drug-likeness (QED) is 0.330. The molecular weight excluding hydrogens is 536 g/mol. The lowest BCUT2D eigenvalue weighted by atomic mass is 9.81. The molecule has 5 heterocycles. The van der Waals surface area contributed by atoms with Gasteiger partial charge in [-0.15, -0.1) is 0 Å². The molecule has 0 spiro atoms. The van der Waals surface area contributed by atoms with Crippen LogP contribution >= 0.6 is 0 Å². The number of unbranched alkanes of at least 4 members (excludes halogenated alkanes) is 1. The van der Waals surface area contributed by atoms with Gasteiger partial charge < -0.3 is 14.7 Å². The number of aromatic nitrogens is 2. The minimum absolute atomic E-state index is 0.0591. The van der Waals surface area contributed by atoms with Crippen LogP contribution < -0.4 is 0 Å². The van der Waals surface area contributed by atoms with Crippen LogP contribution in [0.15, 0.2) is 27.0 Å². The van der Waals surface area contributed by atoms with Crippen molar-refractivity contribution in [2.24, 2.45) is 27.7 Å². The van der Waals surface area contributed by atoms with Crippen molar-refractivity contribution in [2.45, 2.75) is 105 Å². The largest absolute Gasteiger partial charge is 0.469 e. The minimum Gasteiger partial charge on any atom is -0.469 e. The molecule has 2 aromatic rings. The van der Waals surface area contributed by atoms with Gasteiger partial charge in [-0.2, -0.15) is 0 Å². The van der Waals surface area contributed by atoms with Gasteiger partial charge in [0.2, 0.25) is 0 Å². The van der Waals surface area contributed by atoms with Gasteiger partial charge in [0.15, 0.2) is 5.78 Å². The Balaban J connectivity index is 1.53. The van der Waals surface area contributed by atoms with E-state index in [4.69, 9.17) is 14.7 Å². The molecular formula is C36H46N4O3. The second-order valence-corrected chi connectivity index (χ2v) is 13.1. The maximum absolute atomic E-state index is 13.5. The van der Waals surface area contributed by atoms with E-state index in [2.05, 4.69) is 57.6 Å². The number of ether oxygens (including phenoxy) is 1. The van der Waals surface area contributed by atoms with Crippen molar-refractivity contribution in [1.82, 2.24) is 9.97 Å². The summed E-state index contributed by atoms with van der Waals surface area (Å²) in [5.41, 5.74) is 14.8. The Labute approximate surface area is 255 Å². The number of esters is 1. The van der Waals surface area contributed by atoms with E-state index >= 15 is 0 Å². The number of fused-ring (bicyclic) bond motifs is 6. The van der Waals surface area contributed by atoms with E-state index in [0.29, 0.717) is 25.2 Å². The number of nitrogens with one attached hydrogen (secondary N) is 2. The van der Waals surface area contributed by atoms with Crippen LogP contribution in [0.1, 0.15) is 122 Å². The first-order valence-electron chi connectivity index (χ1n) is 16.2. The van der Waals surface area contributed by atoms with Crippen LogP contribution in [0.4, 0.5) is 0 Å². The monoisotopic (exact) mass is 582 g/mol. The first-order valence-corrected chi connectivity index (χ1v) is 16.2. The summed E-state index contributed by atoms with van der Waals surface area (Å²) in [7, 11) is 1.44. The smallest absolute Gasteiger partial charge is 0.305 e. The molecule has 2 aromatic heterocycles. The molecule has 3 unspecified atom stereocenters. The Bertz CT molecular complexity index is 1610. The molecule has 0 fully saturated rings. The number of carbonyl (C=O) groups excluding carboxylic acids is 2. The molecule has 7 heteroatoms. The molecule has 1 aliphatic carbocycles. The highest BCUT2D eigenvalue weighted by molar-refractivity contribution is 6.11. The fourth-order valence-corrected chi connectivity index (χ4v) is 8.06. The van der Waals surface area contributed by atoms with Gasteiger partial charge in [-0.25, -0.2) is 0 Å². The maximum atomic E-state index is 13.5. The van der Waals surface area contributed by atoms with Gasteiger partial charge in [0.1, 0.15) is 0 Å². The fraction of sp³-hybridized carbons (Fsp3) is 0.556. The van der Waals surface area contributed by atoms with E-state index < -0.39 is 0 Å². The topological polar surface area (TPSA) is 99.7 Å². The number of carbonyl (C=O) groups is 2. The number of H-pyrrole nitrogens is 2. The molecule has 2 N–H and O–H groups in total. The molecule has 4 atom stereocenters. The van der Waals surface area contributed by atoms with E-state index in [0.717, 1.165) is 78.1 Å². The Morgan fingerprint density at radius 3 is 2.58 bits per heavy atom. The Morgan fingerprint density at radius 2 is 1.86 bits per heavy atom. The molecule has 7 nitrogen and oxygen atoms in total. The first kappa shape index (κ1) is 29.6. The van der Waals surface area contributed by atoms with Crippen LogP contribution in [0.2, 0.25) is 0 Å². The zero-order valence-electron chi connectivity index (χ0n) is 26.9. The Kier molecular flexibility index (Phi) is 7.95. The van der Waals surface area contributed by atoms with Crippen molar-refractivity contribution in [3.8, 4) is 0 Å². The van der Waals surface area contributed by atoms with Gasteiger partial charge in [0, 0.05) is 101 Å². The van der Waals surface area contributed by atoms with Crippen molar-refractivity contribution in [3.05, 3.63) is 62.0 Å². The van der Waals surface area contributed by atoms with Crippen molar-refractivity contribution in [1.29, 1.82) is 0 Å². The number of nitrogens with zero attached hydrogens (tertiary/aromatic N) is 2. The van der Waals surface area contributed by atoms with Crippen LogP contribution in [0.5, 0.6) is 0 Å². The normalized spacial score (nSPS) is 24.4. The predicted molar refractivity (Wildman–Crippen MR) is 172 cm³/mol. The SMILES string of the molecule is CCCCc1c2[nH]c(c1C)C=C1N=C(C3CC(=O)c4c3[nH]c(c4C)CC3=NC(=C(C)C3CC)C2)[C@@H](CCC(=O)OC)C1C. The summed E-state index contributed by atoms with van der Waals surface area (Å²) in [5, 5.41) is 0. The zero-order chi connectivity index (χ0) is 30.6. The third-order valence-corrected chi connectivity index (χ3v) is 10.7. The van der Waals surface area contributed by atoms with Gasteiger partial charge >= 0.3 is 5.97 Å². The molecule has 43 heavy (non-hydrogen) atoms. The van der Waals surface area contributed by atoms with Gasteiger partial charge in [0.25, 0.3) is 0 Å². The lowest BCUT2D eigenvalue weighted by Crippen LogP contribution is -2.23. The van der Waals surface area contributed by atoms with Crippen molar-refractivity contribution in [3.63, 3.8) is 0 Å². The molecule has 3 aliphatic heterocycles. The van der Waals surface area contributed by atoms with Crippen LogP contribution in [-0.2, 0) is 28.8 Å². The standard InChI is InChI=1S/C36H46N4O3/c1-8-10-11-23-19(4)26-15-28-20(5)24(12-13-33(42)43-7)35(39-28)25-14-32(41)34-21(6)29(40-36(25)34)17-30-22(9-2)18(3)27(37-30)16-31(23)38-26/h15,20,22,24-25,38,40H,8-14,16-17H2,1-7H3/t20?,22?,24-,25?/m0/s1. The summed E-state index contributed by atoms with van der Waals surface area (Å²) in [6, 6.07) is 0. The van der Waals surface area contributed by atoms with E-state index in [-0.39, 0.29) is 29.5 Å². The third-order valence-electron chi connectivity index (χ3n) is 10.7. The van der Waals surface area contributed by atoms with Crippen LogP contribution in [0.3, 0.4) is 0 Å². The van der Waals surface area contributed by atoms with Crippen LogP contribution in [-0.4, -0.2) is 40.3 Å². The van der Waals surface area contributed by atoms with E-state index in [1.807, 2.05) is 0 Å². The molecule has 6 rings (SSSR count). The summed E-state index contributed by atoms with van der Waals surface area (Å²) < 4.78 is 5.01. The maximum Gasteiger partial charge on any atom is 0.305 e. The highest BCUT2D eigenvalue weighted by Gasteiger charge is 2.44. The van der Waals surface area contributed by atoms with Gasteiger partial charge in [-0.05, 0) is 74.8 Å². The van der Waals surface area contributed by atoms with Crippen molar-refractivity contribution >= 4 is 29.3 Å². The second kappa shape index (κ2) is 11.5. The number of hydrogen-bond acceptors (Lipinski definition) is 5. The number of Topliss-reactive ketones (excluding diaryl/α,β-unsaturated/α-hetero) is 1. The highest BCUT2D eigenvalue weighted by Crippen LogP contribution is 2.46. The van der Waals surface area contributed by atoms with E-state index in [9.17, 15) is 9.59 Å². The first-order chi connectivity index (χ1) is 20.7. The van der Waals surface area contributed by atoms with E-state index in [1.165, 1.54) is 40.9 Å². The van der Waals surface area contributed by atoms with Gasteiger partial charge in [-0.1, -0.05) is 27.2 Å². The molecule has 228 valence electrons. The number of aromatic amines is 2. The molecule has 0 saturated carbocycles. The van der Waals surface area contributed by atoms with Crippen molar-refractivity contribution < 1.29 is 14.3 Å². The summed E-state index contributed by atoms with van der Waals surface area (Å²) in [5.74, 6) is 0.356. The van der Waals surface area contributed by atoms with E-state index in [1.54, 1.807) is 0 Å². The Morgan fingerprint density at radius 1 is 1.07 bits per heavy atom. The molecule has 0 saturated heterocycles. The number of ketones is 1. The number of rotatable bonds is 7. The number of aliphatic imine (C=N–C) groups is 2. The summed E-state index contributed by atoms with van der Waals surface area (Å²) >= 11 is 0. The second-order valence-electron chi connectivity index (χ2n) is 13.1. The summed E-state index contributed by atoms with van der Waals surface area (Å²) in [4.78, 5) is 43.9. The fourth-order valence-electron chi connectivity index (χ4n) is 8.06.